The van der Waals surface area contributed by atoms with Crippen LogP contribution in [0, 0.1) is 5.82 Å². The first kappa shape index (κ1) is 15.7. The van der Waals surface area contributed by atoms with Crippen molar-refractivity contribution in [3.8, 4) is 0 Å². The Morgan fingerprint density at radius 1 is 1.12 bits per heavy atom. The molecule has 24 heavy (non-hydrogen) atoms. The van der Waals surface area contributed by atoms with E-state index in [1.807, 2.05) is 13.0 Å². The van der Waals surface area contributed by atoms with E-state index in [0.717, 1.165) is 0 Å². The molecule has 0 unspecified atom stereocenters. The normalized spacial score (nSPS) is 11.8. The van der Waals surface area contributed by atoms with Crippen LogP contribution in [0.2, 0.25) is 0 Å². The number of rotatable bonds is 5. The van der Waals surface area contributed by atoms with Crippen molar-refractivity contribution in [2.45, 2.75) is 13.0 Å². The average molecular weight is 325 g/mol. The lowest BCUT2D eigenvalue weighted by molar-refractivity contribution is 0.617. The van der Waals surface area contributed by atoms with Gasteiger partial charge in [-0.15, -0.1) is 0 Å². The Kier molecular flexibility index (Phi) is 4.51. The van der Waals surface area contributed by atoms with Crippen molar-refractivity contribution in [1.29, 1.82) is 0 Å². The molecule has 6 nitrogen and oxygen atoms in total. The third-order valence-electron chi connectivity index (χ3n) is 3.39. The molecule has 0 bridgehead atoms. The number of nitrogens with zero attached hydrogens (tertiary/aromatic N) is 2. The summed E-state index contributed by atoms with van der Waals surface area (Å²) in [6.45, 7) is 1.91. The molecule has 3 N–H and O–H groups in total. The first-order valence-corrected chi connectivity index (χ1v) is 7.41. The van der Waals surface area contributed by atoms with Gasteiger partial charge in [-0.2, -0.15) is 0 Å². The summed E-state index contributed by atoms with van der Waals surface area (Å²) in [5.41, 5.74) is 0.896. The minimum absolute atomic E-state index is 0.145. The summed E-state index contributed by atoms with van der Waals surface area (Å²) in [5.74, 6) is 0.783. The van der Waals surface area contributed by atoms with Gasteiger partial charge in [-0.25, -0.2) is 9.37 Å². The van der Waals surface area contributed by atoms with Gasteiger partial charge in [-0.05, 0) is 43.3 Å². The fraction of sp³-hybridized carbons (Fsp3) is 0.118. The van der Waals surface area contributed by atoms with Crippen molar-refractivity contribution in [2.24, 2.45) is 0 Å². The zero-order chi connectivity index (χ0) is 16.9. The molecule has 3 heterocycles. The quantitative estimate of drug-likeness (QED) is 0.671. The lowest BCUT2D eigenvalue weighted by Gasteiger charge is -2.15. The molecular weight excluding hydrogens is 309 g/mol. The van der Waals surface area contributed by atoms with Crippen molar-refractivity contribution in [3.63, 3.8) is 0 Å². The van der Waals surface area contributed by atoms with Crippen molar-refractivity contribution in [1.82, 2.24) is 15.0 Å². The molecule has 1 atom stereocenters. The summed E-state index contributed by atoms with van der Waals surface area (Å²) in [7, 11) is 0. The fourth-order valence-corrected chi connectivity index (χ4v) is 2.18. The Balaban J connectivity index is 1.74. The van der Waals surface area contributed by atoms with Gasteiger partial charge < -0.3 is 15.6 Å². The van der Waals surface area contributed by atoms with Crippen LogP contribution < -0.4 is 16.2 Å². The van der Waals surface area contributed by atoms with E-state index in [1.54, 1.807) is 36.5 Å². The average Bonchev–Trinajstić information content (AvgIpc) is 2.58. The Labute approximate surface area is 137 Å². The number of anilines is 3. The largest absolute Gasteiger partial charge is 0.362 e. The van der Waals surface area contributed by atoms with Gasteiger partial charge in [0, 0.05) is 6.20 Å². The second-order valence-electron chi connectivity index (χ2n) is 5.21. The molecule has 0 aliphatic carbocycles. The number of hydrogen-bond donors (Lipinski definition) is 3. The first-order chi connectivity index (χ1) is 11.6. The standard InChI is InChI=1S/C17H16FN5O/c1-11(13-8-7-12(18)10-20-13)21-15-5-2-6-16(23-15)22-14-4-3-9-19-17(14)24/h2-11H,1H3,(H,19,24)(H2,21,22,23)/t11-/m0/s1. The van der Waals surface area contributed by atoms with Gasteiger partial charge in [0.05, 0.1) is 17.9 Å². The van der Waals surface area contributed by atoms with Crippen LogP contribution in [0.25, 0.3) is 0 Å². The molecule has 0 fully saturated rings. The molecule has 0 spiro atoms. The zero-order valence-corrected chi connectivity index (χ0v) is 13.0. The number of nitrogens with one attached hydrogen (secondary N) is 3. The second-order valence-corrected chi connectivity index (χ2v) is 5.21. The van der Waals surface area contributed by atoms with E-state index >= 15 is 0 Å². The molecule has 3 rings (SSSR count). The van der Waals surface area contributed by atoms with Crippen LogP contribution in [0.1, 0.15) is 18.7 Å². The van der Waals surface area contributed by atoms with E-state index in [1.165, 1.54) is 12.3 Å². The summed E-state index contributed by atoms with van der Waals surface area (Å²) >= 11 is 0. The molecule has 0 aliphatic heterocycles. The van der Waals surface area contributed by atoms with Crippen LogP contribution in [0.3, 0.4) is 0 Å². The summed E-state index contributed by atoms with van der Waals surface area (Å²) in [6.07, 6.45) is 2.75. The molecule has 0 amide bonds. The smallest absolute Gasteiger partial charge is 0.271 e. The number of pyridine rings is 3. The fourth-order valence-electron chi connectivity index (χ4n) is 2.18. The number of H-pyrrole nitrogens is 1. The Bertz CT molecular complexity index is 878. The van der Waals surface area contributed by atoms with E-state index in [0.29, 0.717) is 23.0 Å². The summed E-state index contributed by atoms with van der Waals surface area (Å²) in [4.78, 5) is 22.8. The summed E-state index contributed by atoms with van der Waals surface area (Å²) in [6, 6.07) is 11.6. The van der Waals surface area contributed by atoms with E-state index in [4.69, 9.17) is 0 Å². The van der Waals surface area contributed by atoms with Crippen molar-refractivity contribution < 1.29 is 4.39 Å². The highest BCUT2D eigenvalue weighted by Gasteiger charge is 2.08. The topological polar surface area (TPSA) is 82.7 Å². The molecule has 0 aliphatic rings. The highest BCUT2D eigenvalue weighted by molar-refractivity contribution is 5.57. The predicted molar refractivity (Wildman–Crippen MR) is 90.8 cm³/mol. The maximum absolute atomic E-state index is 12.9. The van der Waals surface area contributed by atoms with Crippen LogP contribution >= 0.6 is 0 Å². The second kappa shape index (κ2) is 6.91. The number of aromatic amines is 1. The third kappa shape index (κ3) is 3.75. The van der Waals surface area contributed by atoms with Crippen LogP contribution in [-0.4, -0.2) is 15.0 Å². The molecule has 0 radical (unpaired) electrons. The monoisotopic (exact) mass is 325 g/mol. The highest BCUT2D eigenvalue weighted by Crippen LogP contribution is 2.18. The molecular formula is C17H16FN5O. The molecule has 0 aromatic carbocycles. The van der Waals surface area contributed by atoms with Crippen molar-refractivity contribution in [3.05, 3.63) is 76.7 Å². The van der Waals surface area contributed by atoms with E-state index < -0.39 is 0 Å². The lowest BCUT2D eigenvalue weighted by atomic mass is 10.2. The van der Waals surface area contributed by atoms with E-state index in [2.05, 4.69) is 25.6 Å². The minimum Gasteiger partial charge on any atom is -0.362 e. The summed E-state index contributed by atoms with van der Waals surface area (Å²) < 4.78 is 12.9. The minimum atomic E-state index is -0.372. The van der Waals surface area contributed by atoms with Gasteiger partial charge in [0.15, 0.2) is 0 Å². The van der Waals surface area contributed by atoms with Crippen molar-refractivity contribution in [2.75, 3.05) is 10.6 Å². The van der Waals surface area contributed by atoms with Crippen molar-refractivity contribution >= 4 is 17.3 Å². The zero-order valence-electron chi connectivity index (χ0n) is 13.0. The molecule has 3 aromatic heterocycles. The molecule has 122 valence electrons. The number of hydrogen-bond acceptors (Lipinski definition) is 5. The van der Waals surface area contributed by atoms with Gasteiger partial charge in [-0.3, -0.25) is 9.78 Å². The number of aromatic nitrogens is 3. The third-order valence-corrected chi connectivity index (χ3v) is 3.39. The predicted octanol–water partition coefficient (Wildman–Crippen LogP) is 3.22. The van der Waals surface area contributed by atoms with Gasteiger partial charge in [0.2, 0.25) is 0 Å². The lowest BCUT2D eigenvalue weighted by Crippen LogP contribution is -2.12. The van der Waals surface area contributed by atoms with Crippen LogP contribution in [0.15, 0.2) is 59.7 Å². The van der Waals surface area contributed by atoms with E-state index in [-0.39, 0.29) is 17.4 Å². The number of halogens is 1. The maximum atomic E-state index is 12.9. The molecule has 0 saturated carbocycles. The van der Waals surface area contributed by atoms with Gasteiger partial charge in [0.1, 0.15) is 23.1 Å². The van der Waals surface area contributed by atoms with Gasteiger partial charge in [-0.1, -0.05) is 6.07 Å². The molecule has 0 saturated heterocycles. The maximum Gasteiger partial charge on any atom is 0.271 e. The van der Waals surface area contributed by atoms with Crippen LogP contribution in [0.4, 0.5) is 21.7 Å². The highest BCUT2D eigenvalue weighted by atomic mass is 19.1. The van der Waals surface area contributed by atoms with E-state index in [9.17, 15) is 9.18 Å². The summed E-state index contributed by atoms with van der Waals surface area (Å²) in [5, 5.41) is 6.17. The van der Waals surface area contributed by atoms with Crippen LogP contribution in [-0.2, 0) is 0 Å². The SMILES string of the molecule is C[C@H](Nc1cccc(Nc2ccc[nH]c2=O)n1)c1ccc(F)cn1. The van der Waals surface area contributed by atoms with Gasteiger partial charge in [0.25, 0.3) is 5.56 Å². The Morgan fingerprint density at radius 3 is 2.71 bits per heavy atom. The Hall–Kier alpha value is -3.22. The van der Waals surface area contributed by atoms with Gasteiger partial charge >= 0.3 is 0 Å². The Morgan fingerprint density at radius 2 is 1.96 bits per heavy atom. The molecule has 7 heteroatoms. The first-order valence-electron chi connectivity index (χ1n) is 7.41. The van der Waals surface area contributed by atoms with Crippen LogP contribution in [0.5, 0.6) is 0 Å². The molecule has 3 aromatic rings.